The van der Waals surface area contributed by atoms with Gasteiger partial charge in [0.15, 0.2) is 0 Å². The molecule has 1 aliphatic heterocycles. The van der Waals surface area contributed by atoms with Crippen molar-refractivity contribution < 1.29 is 9.47 Å². The minimum absolute atomic E-state index is 0.0318. The van der Waals surface area contributed by atoms with Crippen LogP contribution < -0.4 is 0 Å². The lowest BCUT2D eigenvalue weighted by molar-refractivity contribution is -0.165. The fraction of sp³-hybridized carbons (Fsp3) is 1.00. The van der Waals surface area contributed by atoms with E-state index < -0.39 is 0 Å². The third-order valence-corrected chi connectivity index (χ3v) is 1.93. The van der Waals surface area contributed by atoms with Gasteiger partial charge in [-0.25, -0.2) is 0 Å². The molecule has 1 rings (SSSR count). The Morgan fingerprint density at radius 3 is 2.11 bits per heavy atom. The predicted molar refractivity (Wildman–Crippen MR) is 43.5 cm³/mol. The van der Waals surface area contributed by atoms with Crippen molar-refractivity contribution in [2.24, 2.45) is 5.41 Å². The van der Waals surface area contributed by atoms with Crippen LogP contribution >= 0.6 is 22.6 Å². The monoisotopic (exact) mass is 242 g/mol. The molecule has 1 saturated heterocycles. The van der Waals surface area contributed by atoms with Crippen molar-refractivity contribution in [2.45, 2.75) is 18.1 Å². The minimum Gasteiger partial charge on any atom is -0.343 e. The third kappa shape index (κ3) is 2.39. The van der Waals surface area contributed by atoms with Gasteiger partial charge < -0.3 is 9.47 Å². The maximum Gasteiger partial charge on any atom is 0.210 e. The molecule has 3 heteroatoms. The van der Waals surface area contributed by atoms with Crippen LogP contribution in [0.4, 0.5) is 0 Å². The highest BCUT2D eigenvalue weighted by molar-refractivity contribution is 14.1. The van der Waals surface area contributed by atoms with E-state index in [-0.39, 0.29) is 9.71 Å². The maximum atomic E-state index is 5.26. The van der Waals surface area contributed by atoms with E-state index in [1.165, 1.54) is 0 Å². The van der Waals surface area contributed by atoms with Crippen molar-refractivity contribution in [1.82, 2.24) is 0 Å². The summed E-state index contributed by atoms with van der Waals surface area (Å²) in [7, 11) is 0. The summed E-state index contributed by atoms with van der Waals surface area (Å²) < 4.78 is 10.5. The van der Waals surface area contributed by atoms with Gasteiger partial charge in [-0.3, -0.25) is 0 Å². The van der Waals surface area contributed by atoms with E-state index in [4.69, 9.17) is 9.47 Å². The Hall–Kier alpha value is 0.650. The van der Waals surface area contributed by atoms with Crippen LogP contribution in [-0.2, 0) is 9.47 Å². The van der Waals surface area contributed by atoms with Crippen molar-refractivity contribution in [1.29, 1.82) is 0 Å². The van der Waals surface area contributed by atoms with E-state index >= 15 is 0 Å². The second-order valence-corrected chi connectivity index (χ2v) is 4.08. The van der Waals surface area contributed by atoms with E-state index in [1.807, 2.05) is 0 Å². The number of hydrogen-bond donors (Lipinski definition) is 0. The molecular formula is C6H11IO2. The Labute approximate surface area is 69.0 Å². The number of ether oxygens (including phenoxy) is 2. The molecule has 9 heavy (non-hydrogen) atoms. The molecule has 0 bridgehead atoms. The van der Waals surface area contributed by atoms with E-state index in [9.17, 15) is 0 Å². The first-order chi connectivity index (χ1) is 4.10. The van der Waals surface area contributed by atoms with E-state index in [1.54, 1.807) is 0 Å². The van der Waals surface area contributed by atoms with Gasteiger partial charge in [0.05, 0.1) is 13.2 Å². The molecule has 0 aliphatic carbocycles. The lowest BCUT2D eigenvalue weighted by Crippen LogP contribution is -2.34. The molecule has 0 saturated carbocycles. The largest absolute Gasteiger partial charge is 0.343 e. The Morgan fingerprint density at radius 1 is 1.33 bits per heavy atom. The van der Waals surface area contributed by atoms with Gasteiger partial charge in [0, 0.05) is 5.41 Å². The van der Waals surface area contributed by atoms with Crippen LogP contribution in [0.5, 0.6) is 0 Å². The molecule has 1 fully saturated rings. The summed E-state index contributed by atoms with van der Waals surface area (Å²) in [6.07, 6.45) is 0. The normalized spacial score (nSPS) is 28.3. The van der Waals surface area contributed by atoms with Crippen molar-refractivity contribution in [2.75, 3.05) is 13.2 Å². The van der Waals surface area contributed by atoms with Crippen molar-refractivity contribution in [3.05, 3.63) is 0 Å². The van der Waals surface area contributed by atoms with Gasteiger partial charge in [-0.1, -0.05) is 13.8 Å². The smallest absolute Gasteiger partial charge is 0.210 e. The van der Waals surface area contributed by atoms with Gasteiger partial charge in [-0.2, -0.15) is 0 Å². The Bertz CT molecular complexity index is 93.2. The fourth-order valence-electron chi connectivity index (χ4n) is 0.672. The zero-order chi connectivity index (χ0) is 6.91. The number of alkyl halides is 1. The zero-order valence-electron chi connectivity index (χ0n) is 5.69. The van der Waals surface area contributed by atoms with Crippen LogP contribution in [0, 0.1) is 5.41 Å². The summed E-state index contributed by atoms with van der Waals surface area (Å²) in [5.41, 5.74) is 0.210. The zero-order valence-corrected chi connectivity index (χ0v) is 7.84. The van der Waals surface area contributed by atoms with E-state index in [2.05, 4.69) is 36.4 Å². The van der Waals surface area contributed by atoms with Crippen LogP contribution in [0.1, 0.15) is 13.8 Å². The van der Waals surface area contributed by atoms with Crippen LogP contribution in [0.25, 0.3) is 0 Å². The summed E-state index contributed by atoms with van der Waals surface area (Å²) in [6, 6.07) is 0. The molecule has 0 aromatic heterocycles. The van der Waals surface area contributed by atoms with Crippen molar-refractivity contribution in [3.63, 3.8) is 0 Å². The molecule has 0 amide bonds. The van der Waals surface area contributed by atoms with E-state index in [0.717, 1.165) is 13.2 Å². The van der Waals surface area contributed by atoms with Crippen LogP contribution in [-0.4, -0.2) is 17.5 Å². The minimum atomic E-state index is -0.0318. The molecule has 0 unspecified atom stereocenters. The Morgan fingerprint density at radius 2 is 1.78 bits per heavy atom. The molecule has 0 atom stereocenters. The highest BCUT2D eigenvalue weighted by Gasteiger charge is 2.26. The fourth-order valence-corrected chi connectivity index (χ4v) is 1.03. The molecule has 1 aliphatic rings. The van der Waals surface area contributed by atoms with Crippen LogP contribution in [0.3, 0.4) is 0 Å². The highest BCUT2D eigenvalue weighted by atomic mass is 127. The molecule has 0 aromatic rings. The van der Waals surface area contributed by atoms with Crippen molar-refractivity contribution >= 4 is 22.6 Å². The van der Waals surface area contributed by atoms with Crippen LogP contribution in [0.15, 0.2) is 0 Å². The molecule has 54 valence electrons. The molecule has 0 aromatic carbocycles. The second-order valence-electron chi connectivity index (χ2n) is 3.06. The first-order valence-corrected chi connectivity index (χ1v) is 4.22. The van der Waals surface area contributed by atoms with Gasteiger partial charge in [-0.05, 0) is 22.6 Å². The summed E-state index contributed by atoms with van der Waals surface area (Å²) in [5, 5.41) is 0. The lowest BCUT2D eigenvalue weighted by atomic mass is 9.96. The van der Waals surface area contributed by atoms with Crippen LogP contribution in [0.2, 0.25) is 0 Å². The topological polar surface area (TPSA) is 18.5 Å². The first-order valence-electron chi connectivity index (χ1n) is 2.97. The summed E-state index contributed by atoms with van der Waals surface area (Å²) >= 11 is 2.13. The Kier molecular flexibility index (Phi) is 2.34. The first kappa shape index (κ1) is 7.75. The van der Waals surface area contributed by atoms with E-state index in [0.29, 0.717) is 0 Å². The molecule has 1 heterocycles. The van der Waals surface area contributed by atoms with Gasteiger partial charge in [0.2, 0.25) is 4.30 Å². The lowest BCUT2D eigenvalue weighted by Gasteiger charge is -2.31. The molecule has 0 radical (unpaired) electrons. The molecule has 2 nitrogen and oxygen atoms in total. The summed E-state index contributed by atoms with van der Waals surface area (Å²) in [4.78, 5) is 0. The van der Waals surface area contributed by atoms with Gasteiger partial charge >= 0.3 is 0 Å². The maximum absolute atomic E-state index is 5.26. The van der Waals surface area contributed by atoms with Crippen molar-refractivity contribution in [3.8, 4) is 0 Å². The average Bonchev–Trinajstić information content (AvgIpc) is 1.78. The number of rotatable bonds is 0. The summed E-state index contributed by atoms with van der Waals surface area (Å²) in [6.45, 7) is 5.88. The number of hydrogen-bond acceptors (Lipinski definition) is 2. The van der Waals surface area contributed by atoms with Gasteiger partial charge in [0.25, 0.3) is 0 Å². The third-order valence-electron chi connectivity index (χ3n) is 1.21. The average molecular weight is 242 g/mol. The van der Waals surface area contributed by atoms with Gasteiger partial charge in [0.1, 0.15) is 0 Å². The second kappa shape index (κ2) is 2.72. The molecular weight excluding hydrogens is 231 g/mol. The predicted octanol–water partition coefficient (Wildman–Crippen LogP) is 1.78. The Balaban J connectivity index is 2.35. The SMILES string of the molecule is CC1(C)COC(I)OC1. The number of halogens is 1. The standard InChI is InChI=1S/C6H11IO2/c1-6(2)3-8-5(7)9-4-6/h5H,3-4H2,1-2H3. The van der Waals surface area contributed by atoms with Gasteiger partial charge in [-0.15, -0.1) is 0 Å². The molecule has 0 N–H and O–H groups in total. The highest BCUT2D eigenvalue weighted by Crippen LogP contribution is 2.24. The molecule has 0 spiro atoms. The quantitative estimate of drug-likeness (QED) is 0.476. The summed E-state index contributed by atoms with van der Waals surface area (Å²) in [5.74, 6) is 0.